The summed E-state index contributed by atoms with van der Waals surface area (Å²) in [6.07, 6.45) is 0. The van der Waals surface area contributed by atoms with Crippen molar-refractivity contribution in [2.45, 2.75) is 9.79 Å². The standard InChI is InChI=1S/C12H8Cl2O6S2.2K/c13-9-3-1-7(5-11(9)21(15,16)17)8-2-4-10(14)12(6-8)22(18,19)20;;/h1-6H,(H,15,16,17)(H,18,19,20);;/q;2*+1/p-2. The molecule has 2 rings (SSSR count). The molecule has 0 radical (unpaired) electrons. The first-order valence-electron chi connectivity index (χ1n) is 5.51. The minimum atomic E-state index is -4.80. The van der Waals surface area contributed by atoms with Crippen LogP contribution in [0.25, 0.3) is 11.1 Å². The molecule has 0 aliphatic carbocycles. The molecule has 0 saturated heterocycles. The second-order valence-corrected chi connectivity index (χ2v) is 7.71. The van der Waals surface area contributed by atoms with Crippen molar-refractivity contribution in [1.29, 1.82) is 0 Å². The Kier molecular flexibility index (Phi) is 10.9. The Labute approximate surface area is 234 Å². The predicted molar refractivity (Wildman–Crippen MR) is 77.8 cm³/mol. The zero-order chi connectivity index (χ0) is 16.7. The van der Waals surface area contributed by atoms with E-state index in [-0.39, 0.29) is 124 Å². The summed E-state index contributed by atoms with van der Waals surface area (Å²) in [5, 5.41) is -0.520. The van der Waals surface area contributed by atoms with Gasteiger partial charge < -0.3 is 9.11 Å². The van der Waals surface area contributed by atoms with Gasteiger partial charge in [0.15, 0.2) is 0 Å². The summed E-state index contributed by atoms with van der Waals surface area (Å²) in [6, 6.07) is 7.11. The predicted octanol–water partition coefficient (Wildman–Crippen LogP) is -3.52. The van der Waals surface area contributed by atoms with Gasteiger partial charge in [0, 0.05) is 0 Å². The summed E-state index contributed by atoms with van der Waals surface area (Å²) >= 11 is 11.3. The summed E-state index contributed by atoms with van der Waals surface area (Å²) in [5.74, 6) is 0. The first-order valence-corrected chi connectivity index (χ1v) is 9.08. The number of hydrogen-bond donors (Lipinski definition) is 0. The van der Waals surface area contributed by atoms with Gasteiger partial charge in [-0.15, -0.1) is 0 Å². The summed E-state index contributed by atoms with van der Waals surface area (Å²) in [4.78, 5) is -1.29. The molecule has 12 heteroatoms. The maximum Gasteiger partial charge on any atom is 1.00 e. The van der Waals surface area contributed by atoms with Crippen molar-refractivity contribution in [3.05, 3.63) is 46.4 Å². The van der Waals surface area contributed by atoms with Crippen LogP contribution in [0.1, 0.15) is 0 Å². The van der Waals surface area contributed by atoms with E-state index >= 15 is 0 Å². The van der Waals surface area contributed by atoms with Gasteiger partial charge in [0.05, 0.1) is 19.8 Å². The number of hydrogen-bond acceptors (Lipinski definition) is 6. The van der Waals surface area contributed by atoms with Gasteiger partial charge in [-0.2, -0.15) is 0 Å². The minimum Gasteiger partial charge on any atom is -0.744 e. The fourth-order valence-electron chi connectivity index (χ4n) is 1.75. The van der Waals surface area contributed by atoms with Crippen molar-refractivity contribution < 1.29 is 129 Å². The van der Waals surface area contributed by atoms with Gasteiger partial charge in [0.1, 0.15) is 20.2 Å². The Balaban J connectivity index is 0.00000264. The zero-order valence-electron chi connectivity index (χ0n) is 12.5. The van der Waals surface area contributed by atoms with Gasteiger partial charge in [-0.1, -0.05) is 35.3 Å². The average molecular weight is 459 g/mol. The minimum absolute atomic E-state index is 0. The van der Waals surface area contributed by atoms with Gasteiger partial charge in [-0.25, -0.2) is 16.8 Å². The van der Waals surface area contributed by atoms with Crippen molar-refractivity contribution in [3.63, 3.8) is 0 Å². The van der Waals surface area contributed by atoms with E-state index in [0.717, 1.165) is 12.1 Å². The van der Waals surface area contributed by atoms with Crippen LogP contribution in [0.15, 0.2) is 46.2 Å². The Morgan fingerprint density at radius 1 is 0.667 bits per heavy atom. The Morgan fingerprint density at radius 3 is 1.21 bits per heavy atom. The maximum absolute atomic E-state index is 11.1. The number of rotatable bonds is 3. The summed E-state index contributed by atoms with van der Waals surface area (Å²) in [5.41, 5.74) is 0.390. The molecule has 0 aromatic heterocycles. The van der Waals surface area contributed by atoms with E-state index in [1.54, 1.807) is 0 Å². The first-order chi connectivity index (χ1) is 10.00. The molecule has 0 aliphatic rings. The topological polar surface area (TPSA) is 114 Å². The molecule has 0 bridgehead atoms. The molecule has 24 heavy (non-hydrogen) atoms. The molecule has 0 N–H and O–H groups in total. The van der Waals surface area contributed by atoms with Crippen LogP contribution in [0.5, 0.6) is 0 Å². The van der Waals surface area contributed by atoms with Crippen LogP contribution in [0.3, 0.4) is 0 Å². The van der Waals surface area contributed by atoms with Crippen LogP contribution >= 0.6 is 23.2 Å². The van der Waals surface area contributed by atoms with Gasteiger partial charge in [-0.3, -0.25) is 0 Å². The molecule has 0 spiro atoms. The van der Waals surface area contributed by atoms with Gasteiger partial charge in [0.2, 0.25) is 0 Å². The fourth-order valence-corrected chi connectivity index (χ4v) is 3.71. The van der Waals surface area contributed by atoms with Gasteiger partial charge in [0.25, 0.3) is 0 Å². The van der Waals surface area contributed by atoms with E-state index in [4.69, 9.17) is 23.2 Å². The molecule has 6 nitrogen and oxygen atoms in total. The maximum atomic E-state index is 11.1. The van der Waals surface area contributed by atoms with Crippen molar-refractivity contribution in [3.8, 4) is 11.1 Å². The smallest absolute Gasteiger partial charge is 0.744 e. The van der Waals surface area contributed by atoms with E-state index in [9.17, 15) is 25.9 Å². The molecule has 0 heterocycles. The Bertz CT molecular complexity index is 882. The molecule has 0 saturated carbocycles. The third-order valence-corrected chi connectivity index (χ3v) is 5.37. The van der Waals surface area contributed by atoms with Crippen molar-refractivity contribution >= 4 is 43.4 Å². The van der Waals surface area contributed by atoms with Crippen LogP contribution in [0.4, 0.5) is 0 Å². The summed E-state index contributed by atoms with van der Waals surface area (Å²) in [6.45, 7) is 0. The molecule has 0 unspecified atom stereocenters. The third kappa shape index (κ3) is 6.62. The fraction of sp³-hybridized carbons (Fsp3) is 0. The van der Waals surface area contributed by atoms with Crippen LogP contribution in [-0.2, 0) is 20.2 Å². The summed E-state index contributed by atoms with van der Waals surface area (Å²) < 4.78 is 66.7. The van der Waals surface area contributed by atoms with Crippen molar-refractivity contribution in [2.24, 2.45) is 0 Å². The molecule has 118 valence electrons. The Hall–Kier alpha value is 2.11. The van der Waals surface area contributed by atoms with E-state index < -0.39 is 30.0 Å². The molecule has 2 aromatic rings. The third-order valence-electron chi connectivity index (χ3n) is 2.73. The Morgan fingerprint density at radius 2 is 0.958 bits per heavy atom. The van der Waals surface area contributed by atoms with Gasteiger partial charge >= 0.3 is 103 Å². The largest absolute Gasteiger partial charge is 1.00 e. The molecule has 0 fully saturated rings. The van der Waals surface area contributed by atoms with Crippen LogP contribution in [-0.4, -0.2) is 25.9 Å². The first kappa shape index (κ1) is 26.1. The monoisotopic (exact) mass is 458 g/mol. The second-order valence-electron chi connectivity index (χ2n) is 4.20. The van der Waals surface area contributed by atoms with Crippen molar-refractivity contribution in [2.75, 3.05) is 0 Å². The van der Waals surface area contributed by atoms with Crippen LogP contribution < -0.4 is 103 Å². The van der Waals surface area contributed by atoms with Gasteiger partial charge in [-0.05, 0) is 35.4 Å². The molecule has 0 aliphatic heterocycles. The molecule has 0 amide bonds. The molecule has 0 atom stereocenters. The molecule has 2 aromatic carbocycles. The SMILES string of the molecule is O=S(=O)([O-])c1cc(-c2ccc(Cl)c(S(=O)(=O)[O-])c2)ccc1Cl.[K+].[K+]. The number of halogens is 2. The molecular weight excluding hydrogens is 453 g/mol. The van der Waals surface area contributed by atoms with Crippen LogP contribution in [0.2, 0.25) is 10.0 Å². The van der Waals surface area contributed by atoms with E-state index in [1.165, 1.54) is 24.3 Å². The van der Waals surface area contributed by atoms with E-state index in [0.29, 0.717) is 0 Å². The molecular formula is C12H6Cl2K2O6S2. The van der Waals surface area contributed by atoms with E-state index in [2.05, 4.69) is 0 Å². The van der Waals surface area contributed by atoms with E-state index in [1.807, 2.05) is 0 Å². The van der Waals surface area contributed by atoms with Crippen LogP contribution in [0, 0.1) is 0 Å². The number of benzene rings is 2. The average Bonchev–Trinajstić information content (AvgIpc) is 2.37. The quantitative estimate of drug-likeness (QED) is 0.347. The normalized spacial score (nSPS) is 11.3. The van der Waals surface area contributed by atoms with Crippen molar-refractivity contribution in [1.82, 2.24) is 0 Å². The summed E-state index contributed by atoms with van der Waals surface area (Å²) in [7, 11) is -9.60. The second kappa shape index (κ2) is 10.1. The zero-order valence-corrected chi connectivity index (χ0v) is 21.9.